The van der Waals surface area contributed by atoms with Gasteiger partial charge in [-0.2, -0.15) is 0 Å². The minimum Gasteiger partial charge on any atom is -0.497 e. The maximum atomic E-state index is 13.2. The second-order valence-corrected chi connectivity index (χ2v) is 8.49. The van der Waals surface area contributed by atoms with Gasteiger partial charge in [0.2, 0.25) is 12.7 Å². The zero-order valence-electron chi connectivity index (χ0n) is 18.8. The molecule has 1 N–H and O–H groups in total. The van der Waals surface area contributed by atoms with Crippen LogP contribution in [0.3, 0.4) is 0 Å². The number of ether oxygens (including phenoxy) is 3. The largest absolute Gasteiger partial charge is 0.497 e. The Morgan fingerprint density at radius 3 is 2.76 bits per heavy atom. The van der Waals surface area contributed by atoms with E-state index in [0.717, 1.165) is 72.1 Å². The van der Waals surface area contributed by atoms with Gasteiger partial charge in [-0.25, -0.2) is 0 Å². The fraction of sp³-hybridized carbons (Fsp3) is 0.296. The number of carbonyl (C=O) groups is 1. The summed E-state index contributed by atoms with van der Waals surface area (Å²) in [7, 11) is 1.66. The van der Waals surface area contributed by atoms with Crippen LogP contribution in [0.25, 0.3) is 11.1 Å². The fourth-order valence-corrected chi connectivity index (χ4v) is 4.62. The van der Waals surface area contributed by atoms with Crippen LogP contribution in [0, 0.1) is 5.92 Å². The highest BCUT2D eigenvalue weighted by atomic mass is 16.7. The molecule has 1 atom stereocenters. The molecule has 3 aromatic rings. The molecule has 2 heterocycles. The van der Waals surface area contributed by atoms with Crippen LogP contribution in [0.1, 0.15) is 18.4 Å². The number of hydrogen-bond acceptors (Lipinski definition) is 5. The molecule has 6 heteroatoms. The maximum absolute atomic E-state index is 13.2. The highest BCUT2D eigenvalue weighted by Gasteiger charge is 2.28. The number of amides is 1. The molecule has 0 radical (unpaired) electrons. The van der Waals surface area contributed by atoms with E-state index in [1.54, 1.807) is 7.11 Å². The fourth-order valence-electron chi connectivity index (χ4n) is 4.62. The van der Waals surface area contributed by atoms with Crippen molar-refractivity contribution in [3.63, 3.8) is 0 Å². The number of likely N-dealkylation sites (tertiary alicyclic amines) is 1. The van der Waals surface area contributed by atoms with E-state index >= 15 is 0 Å². The Hall–Kier alpha value is -3.51. The summed E-state index contributed by atoms with van der Waals surface area (Å²) in [5, 5.41) is 3.19. The molecule has 0 unspecified atom stereocenters. The van der Waals surface area contributed by atoms with Crippen molar-refractivity contribution < 1.29 is 19.0 Å². The molecular formula is C27H28N2O4. The van der Waals surface area contributed by atoms with E-state index < -0.39 is 0 Å². The predicted octanol–water partition coefficient (Wildman–Crippen LogP) is 4.94. The minimum atomic E-state index is -0.0587. The predicted molar refractivity (Wildman–Crippen MR) is 128 cm³/mol. The molecule has 1 fully saturated rings. The Kier molecular flexibility index (Phi) is 6.17. The molecule has 170 valence electrons. The summed E-state index contributed by atoms with van der Waals surface area (Å²) < 4.78 is 16.4. The number of nitrogens with one attached hydrogen (secondary N) is 1. The third-order valence-electron chi connectivity index (χ3n) is 6.33. The van der Waals surface area contributed by atoms with Crippen molar-refractivity contribution in [3.05, 3.63) is 72.3 Å². The third kappa shape index (κ3) is 4.66. The van der Waals surface area contributed by atoms with Crippen LogP contribution < -0.4 is 19.5 Å². The van der Waals surface area contributed by atoms with Crippen LogP contribution in [0.2, 0.25) is 0 Å². The van der Waals surface area contributed by atoms with E-state index in [-0.39, 0.29) is 18.6 Å². The van der Waals surface area contributed by atoms with Crippen molar-refractivity contribution >= 4 is 11.6 Å². The van der Waals surface area contributed by atoms with Crippen molar-refractivity contribution in [2.75, 3.05) is 32.3 Å². The number of carbonyl (C=O) groups excluding carboxylic acids is 1. The van der Waals surface area contributed by atoms with Crippen molar-refractivity contribution in [1.82, 2.24) is 4.90 Å². The summed E-state index contributed by atoms with van der Waals surface area (Å²) in [5.74, 6) is 2.45. The van der Waals surface area contributed by atoms with Crippen LogP contribution in [0.15, 0.2) is 66.7 Å². The normalized spacial score (nSPS) is 17.5. The molecule has 2 aliphatic rings. The lowest BCUT2D eigenvalue weighted by molar-refractivity contribution is -0.121. The second-order valence-electron chi connectivity index (χ2n) is 8.49. The zero-order chi connectivity index (χ0) is 22.6. The second kappa shape index (κ2) is 9.55. The topological polar surface area (TPSA) is 60.0 Å². The first-order valence-corrected chi connectivity index (χ1v) is 11.4. The first-order valence-electron chi connectivity index (χ1n) is 11.4. The van der Waals surface area contributed by atoms with Gasteiger partial charge in [0.1, 0.15) is 5.75 Å². The Balaban J connectivity index is 1.27. The minimum absolute atomic E-state index is 0.0587. The number of para-hydroxylation sites is 2. The standard InChI is InChI=1S/C27H28N2O4/c1-31-22-13-11-19(12-14-22)23-8-2-3-9-24(23)28-27(30)21-7-5-15-29(17-21)16-20-6-4-10-25-26(20)33-18-32-25/h2-4,6,8-14,21H,5,7,15-18H2,1H3,(H,28,30)/t21-/m0/s1. The van der Waals surface area contributed by atoms with Gasteiger partial charge in [-0.1, -0.05) is 42.5 Å². The number of benzene rings is 3. The Morgan fingerprint density at radius 1 is 1.06 bits per heavy atom. The summed E-state index contributed by atoms with van der Waals surface area (Å²) >= 11 is 0. The monoisotopic (exact) mass is 444 g/mol. The summed E-state index contributed by atoms with van der Waals surface area (Å²) in [6, 6.07) is 21.8. The smallest absolute Gasteiger partial charge is 0.231 e. The van der Waals surface area contributed by atoms with Crippen LogP contribution >= 0.6 is 0 Å². The van der Waals surface area contributed by atoms with Crippen LogP contribution in [0.4, 0.5) is 5.69 Å². The summed E-state index contributed by atoms with van der Waals surface area (Å²) in [6.07, 6.45) is 1.88. The van der Waals surface area contributed by atoms with E-state index in [0.29, 0.717) is 0 Å². The molecule has 0 saturated carbocycles. The Labute approximate surface area is 194 Å². The number of nitrogens with zero attached hydrogens (tertiary/aromatic N) is 1. The average Bonchev–Trinajstić information content (AvgIpc) is 3.35. The van der Waals surface area contributed by atoms with E-state index in [9.17, 15) is 4.79 Å². The molecule has 3 aromatic carbocycles. The van der Waals surface area contributed by atoms with Gasteiger partial charge in [-0.3, -0.25) is 9.69 Å². The molecule has 0 spiro atoms. The lowest BCUT2D eigenvalue weighted by Gasteiger charge is -2.32. The molecule has 5 rings (SSSR count). The van der Waals surface area contributed by atoms with Crippen LogP contribution in [-0.4, -0.2) is 37.8 Å². The van der Waals surface area contributed by atoms with Gasteiger partial charge >= 0.3 is 0 Å². The van der Waals surface area contributed by atoms with Crippen LogP contribution in [0.5, 0.6) is 17.2 Å². The van der Waals surface area contributed by atoms with Gasteiger partial charge in [-0.05, 0) is 49.2 Å². The molecule has 0 bridgehead atoms. The van der Waals surface area contributed by atoms with E-state index in [2.05, 4.69) is 16.3 Å². The van der Waals surface area contributed by atoms with Gasteiger partial charge in [0, 0.05) is 29.9 Å². The molecule has 1 amide bonds. The molecule has 33 heavy (non-hydrogen) atoms. The molecule has 2 aliphatic heterocycles. The quantitative estimate of drug-likeness (QED) is 0.584. The SMILES string of the molecule is COc1ccc(-c2ccccc2NC(=O)[C@H]2CCCN(Cc3cccc4c3OCO4)C2)cc1. The molecular weight excluding hydrogens is 416 g/mol. The van der Waals surface area contributed by atoms with Crippen molar-refractivity contribution in [2.45, 2.75) is 19.4 Å². The molecule has 1 saturated heterocycles. The van der Waals surface area contributed by atoms with E-state index in [1.807, 2.05) is 60.7 Å². The van der Waals surface area contributed by atoms with Gasteiger partial charge in [0.25, 0.3) is 0 Å². The highest BCUT2D eigenvalue weighted by Crippen LogP contribution is 2.36. The number of piperidine rings is 1. The average molecular weight is 445 g/mol. The Bertz CT molecular complexity index is 1130. The first kappa shape index (κ1) is 21.3. The summed E-state index contributed by atoms with van der Waals surface area (Å²) in [5.41, 5.74) is 3.97. The summed E-state index contributed by atoms with van der Waals surface area (Å²) in [4.78, 5) is 15.6. The Morgan fingerprint density at radius 2 is 1.91 bits per heavy atom. The number of hydrogen-bond donors (Lipinski definition) is 1. The van der Waals surface area contributed by atoms with Crippen LogP contribution in [-0.2, 0) is 11.3 Å². The van der Waals surface area contributed by atoms with Gasteiger partial charge in [0.05, 0.1) is 13.0 Å². The van der Waals surface area contributed by atoms with Crippen molar-refractivity contribution in [2.24, 2.45) is 5.92 Å². The summed E-state index contributed by atoms with van der Waals surface area (Å²) in [6.45, 7) is 2.71. The van der Waals surface area contributed by atoms with Crippen molar-refractivity contribution in [3.8, 4) is 28.4 Å². The lowest BCUT2D eigenvalue weighted by atomic mass is 9.96. The van der Waals surface area contributed by atoms with E-state index in [1.165, 1.54) is 0 Å². The molecule has 0 aromatic heterocycles. The zero-order valence-corrected chi connectivity index (χ0v) is 18.8. The third-order valence-corrected chi connectivity index (χ3v) is 6.33. The highest BCUT2D eigenvalue weighted by molar-refractivity contribution is 5.97. The molecule has 6 nitrogen and oxygen atoms in total. The van der Waals surface area contributed by atoms with Crippen molar-refractivity contribution in [1.29, 1.82) is 0 Å². The molecule has 0 aliphatic carbocycles. The van der Waals surface area contributed by atoms with Gasteiger partial charge in [-0.15, -0.1) is 0 Å². The van der Waals surface area contributed by atoms with Gasteiger partial charge < -0.3 is 19.5 Å². The number of anilines is 1. The first-order chi connectivity index (χ1) is 16.2. The number of rotatable bonds is 6. The van der Waals surface area contributed by atoms with Gasteiger partial charge in [0.15, 0.2) is 11.5 Å². The van der Waals surface area contributed by atoms with E-state index in [4.69, 9.17) is 14.2 Å². The lowest BCUT2D eigenvalue weighted by Crippen LogP contribution is -2.40. The number of fused-ring (bicyclic) bond motifs is 1. The number of methoxy groups -OCH3 is 1. The maximum Gasteiger partial charge on any atom is 0.231 e.